The number of hydrogen-bond donors (Lipinski definition) is 4. The number of ether oxygens (including phenoxy) is 3. The van der Waals surface area contributed by atoms with E-state index in [9.17, 15) is 19.8 Å². The number of benzene rings is 4. The van der Waals surface area contributed by atoms with Crippen molar-refractivity contribution in [3.05, 3.63) is 125 Å². The number of aromatic nitrogens is 4. The van der Waals surface area contributed by atoms with Gasteiger partial charge < -0.3 is 35.1 Å². The number of tetrazole rings is 1. The maximum absolute atomic E-state index is 13.1. The third kappa shape index (κ3) is 8.91. The highest BCUT2D eigenvalue weighted by molar-refractivity contribution is 7.99. The van der Waals surface area contributed by atoms with E-state index in [4.69, 9.17) is 14.2 Å². The molecule has 5 aromatic rings. The Hall–Kier alpha value is -5.28. The van der Waals surface area contributed by atoms with Crippen molar-refractivity contribution in [1.29, 1.82) is 0 Å². The molecular formula is C37H38N6O7S. The van der Waals surface area contributed by atoms with Gasteiger partial charge in [-0.1, -0.05) is 85.4 Å². The van der Waals surface area contributed by atoms with Gasteiger partial charge in [-0.15, -0.1) is 5.10 Å². The molecule has 51 heavy (non-hydrogen) atoms. The number of esters is 1. The van der Waals surface area contributed by atoms with Gasteiger partial charge in [-0.05, 0) is 63.5 Å². The van der Waals surface area contributed by atoms with Crippen molar-refractivity contribution in [2.24, 2.45) is 5.92 Å². The maximum atomic E-state index is 13.1. The second kappa shape index (κ2) is 16.6. The smallest absolute Gasteiger partial charge is 0.328 e. The molecule has 5 unspecified atom stereocenters. The van der Waals surface area contributed by atoms with Crippen LogP contribution in [0.25, 0.3) is 5.69 Å². The monoisotopic (exact) mass is 710 g/mol. The SMILES string of the molecule is COC(=O)C(Cc1ccccc1)NC(=O)Nc1cccc(C2OC(CSc3nnnn3-c3ccc(O)cc3)C(C)C(c3ccc(CO)cc3)O2)c1. The Morgan fingerprint density at radius 2 is 1.71 bits per heavy atom. The summed E-state index contributed by atoms with van der Waals surface area (Å²) in [5, 5.41) is 37.6. The Kier molecular flexibility index (Phi) is 11.6. The Bertz CT molecular complexity index is 1910. The van der Waals surface area contributed by atoms with Crippen LogP contribution in [-0.4, -0.2) is 67.4 Å². The summed E-state index contributed by atoms with van der Waals surface area (Å²) in [6, 6.07) is 29.3. The summed E-state index contributed by atoms with van der Waals surface area (Å²) in [7, 11) is 1.28. The summed E-state index contributed by atoms with van der Waals surface area (Å²) in [5.74, 6) is -0.0250. The second-order valence-electron chi connectivity index (χ2n) is 12.0. The third-order valence-electron chi connectivity index (χ3n) is 8.53. The highest BCUT2D eigenvalue weighted by atomic mass is 32.2. The first-order chi connectivity index (χ1) is 24.8. The number of rotatable bonds is 12. The van der Waals surface area contributed by atoms with Crippen molar-refractivity contribution in [2.45, 2.75) is 49.6 Å². The molecule has 0 radical (unpaired) electrons. The van der Waals surface area contributed by atoms with E-state index in [1.165, 1.54) is 18.9 Å². The van der Waals surface area contributed by atoms with Gasteiger partial charge >= 0.3 is 12.0 Å². The molecular weight excluding hydrogens is 673 g/mol. The Labute approximate surface area is 298 Å². The summed E-state index contributed by atoms with van der Waals surface area (Å²) >= 11 is 1.43. The molecule has 2 heterocycles. The van der Waals surface area contributed by atoms with Gasteiger partial charge in [0.25, 0.3) is 0 Å². The van der Waals surface area contributed by atoms with Gasteiger partial charge in [-0.25, -0.2) is 9.59 Å². The number of nitrogens with zero attached hydrogens (tertiary/aromatic N) is 4. The number of hydrogen-bond acceptors (Lipinski definition) is 11. The highest BCUT2D eigenvalue weighted by Crippen LogP contribution is 2.43. The number of carbonyl (C=O) groups excluding carboxylic acids is 2. The van der Waals surface area contributed by atoms with Gasteiger partial charge in [-0.3, -0.25) is 0 Å². The van der Waals surface area contributed by atoms with Crippen LogP contribution in [0, 0.1) is 5.92 Å². The average Bonchev–Trinajstić information content (AvgIpc) is 3.63. The number of nitrogens with one attached hydrogen (secondary N) is 2. The number of aliphatic hydroxyl groups excluding tert-OH is 1. The number of thioether (sulfide) groups is 1. The van der Waals surface area contributed by atoms with Gasteiger partial charge in [0.2, 0.25) is 5.16 Å². The van der Waals surface area contributed by atoms with Gasteiger partial charge in [0.1, 0.15) is 11.8 Å². The molecule has 264 valence electrons. The molecule has 1 aliphatic rings. The number of carbonyl (C=O) groups is 2. The van der Waals surface area contributed by atoms with Crippen molar-refractivity contribution in [3.8, 4) is 11.4 Å². The van der Waals surface area contributed by atoms with Gasteiger partial charge in [0.05, 0.1) is 31.6 Å². The summed E-state index contributed by atoms with van der Waals surface area (Å²) in [4.78, 5) is 25.6. The zero-order valence-corrected chi connectivity index (χ0v) is 28.8. The minimum absolute atomic E-state index is 0.0674. The predicted molar refractivity (Wildman–Crippen MR) is 189 cm³/mol. The first-order valence-corrected chi connectivity index (χ1v) is 17.3. The lowest BCUT2D eigenvalue weighted by molar-refractivity contribution is -0.268. The molecule has 0 bridgehead atoms. The van der Waals surface area contributed by atoms with Crippen LogP contribution in [0.5, 0.6) is 5.75 Å². The Morgan fingerprint density at radius 3 is 2.43 bits per heavy atom. The molecule has 14 heteroatoms. The predicted octanol–water partition coefficient (Wildman–Crippen LogP) is 5.35. The van der Waals surface area contributed by atoms with E-state index in [2.05, 4.69) is 33.1 Å². The first kappa shape index (κ1) is 35.5. The van der Waals surface area contributed by atoms with Crippen molar-refractivity contribution >= 4 is 29.4 Å². The molecule has 0 saturated carbocycles. The van der Waals surface area contributed by atoms with Crippen LogP contribution in [-0.2, 0) is 32.0 Å². The first-order valence-electron chi connectivity index (χ1n) is 16.3. The average molecular weight is 711 g/mol. The van der Waals surface area contributed by atoms with E-state index in [1.807, 2.05) is 60.7 Å². The number of urea groups is 1. The quantitative estimate of drug-likeness (QED) is 0.0973. The van der Waals surface area contributed by atoms with Gasteiger partial charge in [0.15, 0.2) is 6.29 Å². The van der Waals surface area contributed by atoms with Gasteiger partial charge in [0, 0.05) is 29.3 Å². The van der Waals surface area contributed by atoms with Crippen LogP contribution in [0.1, 0.15) is 41.6 Å². The number of aliphatic hydroxyl groups is 1. The highest BCUT2D eigenvalue weighted by Gasteiger charge is 2.39. The largest absolute Gasteiger partial charge is 0.508 e. The molecule has 5 atom stereocenters. The molecule has 0 spiro atoms. The van der Waals surface area contributed by atoms with Gasteiger partial charge in [-0.2, -0.15) is 4.68 Å². The number of aromatic hydroxyl groups is 1. The standard InChI is InChI=1S/C37H38N6O7S/c1-23-32(22-51-37-40-41-42-43(37)29-15-17-30(45)18-16-29)49-35(50-33(23)26-13-11-25(21-44)12-14-26)27-9-6-10-28(20-27)38-36(47)39-31(34(46)48-2)19-24-7-4-3-5-8-24/h3-18,20,23,31-33,35,44-45H,19,21-22H2,1-2H3,(H2,38,39,47). The molecule has 0 aliphatic carbocycles. The molecule has 1 saturated heterocycles. The van der Waals surface area contributed by atoms with Crippen LogP contribution in [0.2, 0.25) is 0 Å². The lowest BCUT2D eigenvalue weighted by atomic mass is 9.91. The zero-order chi connectivity index (χ0) is 35.7. The van der Waals surface area contributed by atoms with Crippen molar-refractivity contribution in [1.82, 2.24) is 25.5 Å². The summed E-state index contributed by atoms with van der Waals surface area (Å²) < 4.78 is 19.7. The Morgan fingerprint density at radius 1 is 0.941 bits per heavy atom. The Balaban J connectivity index is 1.20. The topological polar surface area (TPSA) is 170 Å². The minimum Gasteiger partial charge on any atom is -0.508 e. The van der Waals surface area contributed by atoms with Crippen molar-refractivity contribution in [2.75, 3.05) is 18.2 Å². The molecule has 1 aromatic heterocycles. The molecule has 4 aromatic carbocycles. The number of amides is 2. The fourth-order valence-corrected chi connectivity index (χ4v) is 6.82. The van der Waals surface area contributed by atoms with E-state index in [0.29, 0.717) is 27.8 Å². The summed E-state index contributed by atoms with van der Waals surface area (Å²) in [6.45, 7) is 1.99. The van der Waals surface area contributed by atoms with Crippen LogP contribution in [0.15, 0.2) is 108 Å². The number of phenols is 1. The van der Waals surface area contributed by atoms with Crippen molar-refractivity contribution in [3.63, 3.8) is 0 Å². The van der Waals surface area contributed by atoms with Crippen LogP contribution in [0.4, 0.5) is 10.5 Å². The normalized spacial score (nSPS) is 19.2. The van der Waals surface area contributed by atoms with E-state index < -0.39 is 24.3 Å². The number of methoxy groups -OCH3 is 1. The van der Waals surface area contributed by atoms with E-state index in [-0.39, 0.29) is 36.9 Å². The molecule has 1 fully saturated rings. The zero-order valence-electron chi connectivity index (χ0n) is 28.0. The molecule has 2 amide bonds. The molecule has 13 nitrogen and oxygen atoms in total. The fourth-order valence-electron chi connectivity index (χ4n) is 5.77. The van der Waals surface area contributed by atoms with Crippen LogP contribution >= 0.6 is 11.8 Å². The molecule has 6 rings (SSSR count). The molecule has 1 aliphatic heterocycles. The maximum Gasteiger partial charge on any atom is 0.328 e. The second-order valence-corrected chi connectivity index (χ2v) is 13.0. The third-order valence-corrected chi connectivity index (χ3v) is 9.53. The van der Waals surface area contributed by atoms with E-state index in [1.54, 1.807) is 47.1 Å². The van der Waals surface area contributed by atoms with E-state index >= 15 is 0 Å². The fraction of sp³-hybridized carbons (Fsp3) is 0.270. The summed E-state index contributed by atoms with van der Waals surface area (Å²) in [5.41, 5.74) is 4.45. The number of phenolic OH excluding ortho intramolecular Hbond substituents is 1. The van der Waals surface area contributed by atoms with Crippen LogP contribution < -0.4 is 10.6 Å². The molecule has 4 N–H and O–H groups in total. The summed E-state index contributed by atoms with van der Waals surface area (Å²) in [6.07, 6.45) is -1.22. The minimum atomic E-state index is -0.890. The lowest BCUT2D eigenvalue weighted by Crippen LogP contribution is -2.45. The number of anilines is 1. The van der Waals surface area contributed by atoms with Crippen LogP contribution in [0.3, 0.4) is 0 Å². The van der Waals surface area contributed by atoms with E-state index in [0.717, 1.165) is 16.7 Å². The van der Waals surface area contributed by atoms with Crippen molar-refractivity contribution < 1.29 is 34.0 Å². The lowest BCUT2D eigenvalue weighted by Gasteiger charge is -2.41.